The fourth-order valence-corrected chi connectivity index (χ4v) is 2.52. The lowest BCUT2D eigenvalue weighted by molar-refractivity contribution is 0.0470. The van der Waals surface area contributed by atoms with Gasteiger partial charge < -0.3 is 20.7 Å². The number of ether oxygens (including phenoxy) is 1. The molecule has 124 valence electrons. The monoisotopic (exact) mass is 299 g/mol. The highest BCUT2D eigenvalue weighted by molar-refractivity contribution is 5.68. The first-order valence-corrected chi connectivity index (χ1v) is 8.05. The first-order chi connectivity index (χ1) is 9.57. The fraction of sp³-hybridized carbons (Fsp3) is 0.938. The van der Waals surface area contributed by atoms with Gasteiger partial charge >= 0.3 is 6.09 Å². The molecule has 0 radical (unpaired) electrons. The van der Waals surface area contributed by atoms with Gasteiger partial charge in [0, 0.05) is 18.6 Å². The van der Waals surface area contributed by atoms with Crippen molar-refractivity contribution >= 4 is 6.09 Å². The lowest BCUT2D eigenvalue weighted by atomic mass is 10.0. The Morgan fingerprint density at radius 1 is 1.33 bits per heavy atom. The Hall–Kier alpha value is -0.810. The Bertz CT molecular complexity index is 331. The number of alkyl carbamates (subject to hydrolysis) is 1. The van der Waals surface area contributed by atoms with E-state index in [1.165, 1.54) is 12.8 Å². The van der Waals surface area contributed by atoms with Crippen LogP contribution < -0.4 is 16.0 Å². The SMILES string of the molecule is CC(CC1CCCN1)NCC(C)(C)NC(=O)OC(C)(C)C. The van der Waals surface area contributed by atoms with Crippen molar-refractivity contribution < 1.29 is 9.53 Å². The third-order valence-electron chi connectivity index (χ3n) is 3.53. The van der Waals surface area contributed by atoms with E-state index in [1.807, 2.05) is 34.6 Å². The molecule has 5 nitrogen and oxygen atoms in total. The van der Waals surface area contributed by atoms with Gasteiger partial charge in [-0.1, -0.05) is 0 Å². The smallest absolute Gasteiger partial charge is 0.408 e. The maximum atomic E-state index is 11.8. The number of carbonyl (C=O) groups excluding carboxylic acids is 1. The average molecular weight is 299 g/mol. The van der Waals surface area contributed by atoms with E-state index in [0.29, 0.717) is 12.1 Å². The fourth-order valence-electron chi connectivity index (χ4n) is 2.52. The largest absolute Gasteiger partial charge is 0.444 e. The number of hydrogen-bond donors (Lipinski definition) is 3. The summed E-state index contributed by atoms with van der Waals surface area (Å²) < 4.78 is 5.30. The Balaban J connectivity index is 2.29. The summed E-state index contributed by atoms with van der Waals surface area (Å²) in [6, 6.07) is 1.06. The molecular weight excluding hydrogens is 266 g/mol. The van der Waals surface area contributed by atoms with Crippen molar-refractivity contribution in [2.75, 3.05) is 13.1 Å². The zero-order chi connectivity index (χ0) is 16.1. The molecule has 1 aliphatic heterocycles. The summed E-state index contributed by atoms with van der Waals surface area (Å²) in [4.78, 5) is 11.8. The van der Waals surface area contributed by atoms with Crippen LogP contribution in [0.5, 0.6) is 0 Å². The molecule has 0 aromatic carbocycles. The minimum absolute atomic E-state index is 0.334. The number of carbonyl (C=O) groups is 1. The molecule has 21 heavy (non-hydrogen) atoms. The first-order valence-electron chi connectivity index (χ1n) is 8.05. The van der Waals surface area contributed by atoms with Gasteiger partial charge in [-0.2, -0.15) is 0 Å². The molecule has 1 fully saturated rings. The molecule has 2 unspecified atom stereocenters. The average Bonchev–Trinajstić information content (AvgIpc) is 2.75. The second-order valence-electron chi connectivity index (χ2n) is 7.82. The van der Waals surface area contributed by atoms with Crippen LogP contribution in [0.25, 0.3) is 0 Å². The molecule has 5 heteroatoms. The number of nitrogens with one attached hydrogen (secondary N) is 3. The van der Waals surface area contributed by atoms with Crippen molar-refractivity contribution in [2.24, 2.45) is 0 Å². The molecule has 0 aromatic heterocycles. The van der Waals surface area contributed by atoms with Gasteiger partial charge in [0.2, 0.25) is 0 Å². The summed E-state index contributed by atoms with van der Waals surface area (Å²) in [5, 5.41) is 9.94. The van der Waals surface area contributed by atoms with E-state index in [4.69, 9.17) is 4.74 Å². The summed E-state index contributed by atoms with van der Waals surface area (Å²) in [7, 11) is 0. The first kappa shape index (κ1) is 18.2. The van der Waals surface area contributed by atoms with Gasteiger partial charge in [0.15, 0.2) is 0 Å². The molecule has 3 N–H and O–H groups in total. The summed E-state index contributed by atoms with van der Waals surface area (Å²) in [5.41, 5.74) is -0.797. The van der Waals surface area contributed by atoms with Crippen LogP contribution in [0.15, 0.2) is 0 Å². The van der Waals surface area contributed by atoms with Crippen LogP contribution in [-0.2, 0) is 4.74 Å². The number of hydrogen-bond acceptors (Lipinski definition) is 4. The summed E-state index contributed by atoms with van der Waals surface area (Å²) in [6.45, 7) is 13.7. The molecule has 0 aromatic rings. The normalized spacial score (nSPS) is 21.1. The van der Waals surface area contributed by atoms with E-state index >= 15 is 0 Å². The van der Waals surface area contributed by atoms with Crippen LogP contribution >= 0.6 is 0 Å². The highest BCUT2D eigenvalue weighted by Gasteiger charge is 2.25. The lowest BCUT2D eigenvalue weighted by Crippen LogP contribution is -2.53. The van der Waals surface area contributed by atoms with Gasteiger partial charge in [0.25, 0.3) is 0 Å². The zero-order valence-electron chi connectivity index (χ0n) is 14.5. The standard InChI is InChI=1S/C16H33N3O2/c1-12(10-13-8-7-9-17-13)18-11-16(5,6)19-14(20)21-15(2,3)4/h12-13,17-18H,7-11H2,1-6H3,(H,19,20). The number of rotatable bonds is 6. The maximum absolute atomic E-state index is 11.8. The van der Waals surface area contributed by atoms with Gasteiger partial charge in [-0.3, -0.25) is 0 Å². The highest BCUT2D eigenvalue weighted by atomic mass is 16.6. The molecule has 1 aliphatic rings. The van der Waals surface area contributed by atoms with E-state index < -0.39 is 5.60 Å². The van der Waals surface area contributed by atoms with Crippen LogP contribution in [0.2, 0.25) is 0 Å². The second kappa shape index (κ2) is 7.45. The van der Waals surface area contributed by atoms with Crippen molar-refractivity contribution in [3.05, 3.63) is 0 Å². The molecule has 0 saturated carbocycles. The van der Waals surface area contributed by atoms with Crippen LogP contribution in [0.3, 0.4) is 0 Å². The topological polar surface area (TPSA) is 62.4 Å². The van der Waals surface area contributed by atoms with E-state index in [2.05, 4.69) is 22.9 Å². The maximum Gasteiger partial charge on any atom is 0.408 e. The Labute approximate surface area is 129 Å². The summed E-state index contributed by atoms with van der Waals surface area (Å²) >= 11 is 0. The minimum atomic E-state index is -0.463. The van der Waals surface area contributed by atoms with Crippen molar-refractivity contribution in [1.82, 2.24) is 16.0 Å². The van der Waals surface area contributed by atoms with Crippen LogP contribution in [0.4, 0.5) is 4.79 Å². The van der Waals surface area contributed by atoms with E-state index in [0.717, 1.165) is 19.5 Å². The summed E-state index contributed by atoms with van der Waals surface area (Å²) in [6.07, 6.45) is 3.32. The molecule has 1 saturated heterocycles. The van der Waals surface area contributed by atoms with Crippen LogP contribution in [-0.4, -0.2) is 42.4 Å². The van der Waals surface area contributed by atoms with E-state index in [-0.39, 0.29) is 11.6 Å². The van der Waals surface area contributed by atoms with Gasteiger partial charge in [0.1, 0.15) is 5.60 Å². The molecule has 0 spiro atoms. The Morgan fingerprint density at radius 3 is 2.52 bits per heavy atom. The van der Waals surface area contributed by atoms with Crippen molar-refractivity contribution in [2.45, 2.75) is 84.0 Å². The molecule has 1 heterocycles. The zero-order valence-corrected chi connectivity index (χ0v) is 14.5. The van der Waals surface area contributed by atoms with Crippen LogP contribution in [0.1, 0.15) is 60.8 Å². The quantitative estimate of drug-likeness (QED) is 0.705. The highest BCUT2D eigenvalue weighted by Crippen LogP contribution is 2.12. The van der Waals surface area contributed by atoms with Crippen molar-refractivity contribution in [3.8, 4) is 0 Å². The molecule has 1 amide bonds. The van der Waals surface area contributed by atoms with E-state index in [9.17, 15) is 4.79 Å². The molecule has 2 atom stereocenters. The number of amides is 1. The molecule has 0 aliphatic carbocycles. The third-order valence-corrected chi connectivity index (χ3v) is 3.53. The second-order valence-corrected chi connectivity index (χ2v) is 7.82. The van der Waals surface area contributed by atoms with Crippen molar-refractivity contribution in [1.29, 1.82) is 0 Å². The van der Waals surface area contributed by atoms with Gasteiger partial charge in [-0.05, 0) is 67.3 Å². The third kappa shape index (κ3) is 8.27. The van der Waals surface area contributed by atoms with Crippen LogP contribution in [0, 0.1) is 0 Å². The van der Waals surface area contributed by atoms with Gasteiger partial charge in [0.05, 0.1) is 5.54 Å². The molecule has 1 rings (SSSR count). The molecule has 0 bridgehead atoms. The Kier molecular flexibility index (Phi) is 6.47. The Morgan fingerprint density at radius 2 is 2.00 bits per heavy atom. The van der Waals surface area contributed by atoms with E-state index in [1.54, 1.807) is 0 Å². The summed E-state index contributed by atoms with van der Waals surface area (Å²) in [5.74, 6) is 0. The molecular formula is C16H33N3O2. The minimum Gasteiger partial charge on any atom is -0.444 e. The predicted octanol–water partition coefficient (Wildman–Crippen LogP) is 2.41. The predicted molar refractivity (Wildman–Crippen MR) is 86.6 cm³/mol. The van der Waals surface area contributed by atoms with Crippen molar-refractivity contribution in [3.63, 3.8) is 0 Å². The lowest BCUT2D eigenvalue weighted by Gasteiger charge is -2.30. The van der Waals surface area contributed by atoms with Gasteiger partial charge in [-0.15, -0.1) is 0 Å². The van der Waals surface area contributed by atoms with Gasteiger partial charge in [-0.25, -0.2) is 4.79 Å².